The molecule has 0 aromatic rings. The molecule has 0 aromatic heterocycles. The molecule has 2 spiro atoms. The van der Waals surface area contributed by atoms with E-state index in [0.717, 1.165) is 25.7 Å². The highest BCUT2D eigenvalue weighted by Crippen LogP contribution is 2.88. The maximum Gasteiger partial charge on any atom is 0.289 e. The van der Waals surface area contributed by atoms with Gasteiger partial charge in [-0.2, -0.15) is 0 Å². The van der Waals surface area contributed by atoms with E-state index in [1.807, 2.05) is 27.7 Å². The van der Waals surface area contributed by atoms with Gasteiger partial charge in [0.25, 0.3) is 5.91 Å². The molecule has 35 heavy (non-hydrogen) atoms. The fourth-order valence-electron chi connectivity index (χ4n) is 7.08. The van der Waals surface area contributed by atoms with Gasteiger partial charge in [-0.05, 0) is 54.8 Å². The summed E-state index contributed by atoms with van der Waals surface area (Å²) in [5.41, 5.74) is 6.05. The lowest BCUT2D eigenvalue weighted by Gasteiger charge is -2.33. The van der Waals surface area contributed by atoms with E-state index < -0.39 is 35.2 Å². The fraction of sp³-hybridized carbons (Fsp3) is 0.852. The van der Waals surface area contributed by atoms with Crippen LogP contribution >= 0.6 is 0 Å². The molecule has 196 valence electrons. The van der Waals surface area contributed by atoms with Gasteiger partial charge in [-0.1, -0.05) is 54.4 Å². The van der Waals surface area contributed by atoms with Crippen LogP contribution in [0.25, 0.3) is 0 Å². The number of rotatable bonds is 8. The Hall–Kier alpha value is -1.96. The van der Waals surface area contributed by atoms with Crippen molar-refractivity contribution in [3.8, 4) is 0 Å². The second-order valence-electron chi connectivity index (χ2n) is 13.1. The summed E-state index contributed by atoms with van der Waals surface area (Å²) < 4.78 is 0. The van der Waals surface area contributed by atoms with Crippen LogP contribution in [0.15, 0.2) is 0 Å². The van der Waals surface area contributed by atoms with Gasteiger partial charge in [-0.3, -0.25) is 19.2 Å². The number of hydrogen-bond acceptors (Lipinski definition) is 5. The summed E-state index contributed by atoms with van der Waals surface area (Å²) in [4.78, 5) is 54.3. The van der Waals surface area contributed by atoms with Gasteiger partial charge in [-0.25, -0.2) is 0 Å². The molecule has 8 heteroatoms. The Labute approximate surface area is 209 Å². The van der Waals surface area contributed by atoms with Gasteiger partial charge in [0.2, 0.25) is 17.6 Å². The van der Waals surface area contributed by atoms with Crippen LogP contribution in [0.4, 0.5) is 0 Å². The molecule has 1 heterocycles. The molecule has 3 saturated carbocycles. The van der Waals surface area contributed by atoms with Gasteiger partial charge in [0.15, 0.2) is 0 Å². The van der Waals surface area contributed by atoms with Crippen molar-refractivity contribution >= 4 is 23.5 Å². The van der Waals surface area contributed by atoms with E-state index in [1.165, 1.54) is 6.42 Å². The van der Waals surface area contributed by atoms with Crippen LogP contribution in [0, 0.1) is 21.7 Å². The van der Waals surface area contributed by atoms with E-state index in [2.05, 4.69) is 24.5 Å². The van der Waals surface area contributed by atoms with Crippen LogP contribution in [-0.4, -0.2) is 59.1 Å². The molecule has 4 aliphatic rings. The zero-order valence-electron chi connectivity index (χ0n) is 22.3. The summed E-state index contributed by atoms with van der Waals surface area (Å²) in [6, 6.07) is -2.24. The van der Waals surface area contributed by atoms with Crippen LogP contribution < -0.4 is 16.4 Å². The summed E-state index contributed by atoms with van der Waals surface area (Å²) >= 11 is 0. The van der Waals surface area contributed by atoms with Gasteiger partial charge < -0.3 is 21.3 Å². The molecule has 4 N–H and O–H groups in total. The summed E-state index contributed by atoms with van der Waals surface area (Å²) in [5, 5.41) is 5.60. The minimum atomic E-state index is -0.888. The van der Waals surface area contributed by atoms with E-state index >= 15 is 0 Å². The van der Waals surface area contributed by atoms with Crippen molar-refractivity contribution in [3.05, 3.63) is 0 Å². The minimum Gasteiger partial charge on any atom is -0.347 e. The first-order valence-electron chi connectivity index (χ1n) is 13.4. The molecule has 0 bridgehead atoms. The number of nitrogens with zero attached hydrogens (tertiary/aromatic N) is 1. The lowest BCUT2D eigenvalue weighted by atomic mass is 9.73. The summed E-state index contributed by atoms with van der Waals surface area (Å²) in [6.07, 6.45) is 6.81. The maximum absolute atomic E-state index is 13.7. The minimum absolute atomic E-state index is 0.0421. The van der Waals surface area contributed by atoms with E-state index in [4.69, 9.17) is 5.73 Å². The van der Waals surface area contributed by atoms with Gasteiger partial charge in [0.05, 0.1) is 12.1 Å². The molecule has 0 aromatic carbocycles. The number of hydrogen-bond donors (Lipinski definition) is 3. The van der Waals surface area contributed by atoms with Gasteiger partial charge >= 0.3 is 0 Å². The van der Waals surface area contributed by atoms with Crippen molar-refractivity contribution in [2.24, 2.45) is 27.4 Å². The number of ketones is 1. The zero-order chi connectivity index (χ0) is 26.0. The molecular formula is C27H44N4O4. The van der Waals surface area contributed by atoms with Crippen molar-refractivity contribution in [1.82, 2.24) is 15.5 Å². The largest absolute Gasteiger partial charge is 0.347 e. The van der Waals surface area contributed by atoms with E-state index in [1.54, 1.807) is 4.90 Å². The number of carbonyl (C=O) groups excluding carboxylic acids is 4. The molecule has 1 unspecified atom stereocenters. The van der Waals surface area contributed by atoms with E-state index in [0.29, 0.717) is 25.8 Å². The molecule has 1 aliphatic heterocycles. The Morgan fingerprint density at radius 1 is 1.09 bits per heavy atom. The van der Waals surface area contributed by atoms with E-state index in [9.17, 15) is 19.2 Å². The zero-order valence-corrected chi connectivity index (χ0v) is 22.3. The van der Waals surface area contributed by atoms with Crippen molar-refractivity contribution < 1.29 is 19.2 Å². The lowest BCUT2D eigenvalue weighted by molar-refractivity contribution is -0.143. The van der Waals surface area contributed by atoms with Crippen LogP contribution in [0.2, 0.25) is 0 Å². The van der Waals surface area contributed by atoms with Crippen LogP contribution in [0.3, 0.4) is 0 Å². The first kappa shape index (κ1) is 26.1. The highest BCUT2D eigenvalue weighted by Gasteiger charge is 2.85. The first-order valence-corrected chi connectivity index (χ1v) is 13.4. The maximum atomic E-state index is 13.7. The molecule has 4 atom stereocenters. The third-order valence-electron chi connectivity index (χ3n) is 9.94. The van der Waals surface area contributed by atoms with Crippen LogP contribution in [-0.2, 0) is 19.2 Å². The Morgan fingerprint density at radius 3 is 2.17 bits per heavy atom. The first-order chi connectivity index (χ1) is 16.2. The average molecular weight is 489 g/mol. The van der Waals surface area contributed by atoms with E-state index in [-0.39, 0.29) is 34.1 Å². The van der Waals surface area contributed by atoms with Crippen LogP contribution in [0.1, 0.15) is 92.9 Å². The third-order valence-corrected chi connectivity index (χ3v) is 9.94. The quantitative estimate of drug-likeness (QED) is 0.453. The second kappa shape index (κ2) is 8.56. The third kappa shape index (κ3) is 4.00. The molecule has 3 amide bonds. The molecule has 4 rings (SSSR count). The standard InChI is InChI=1S/C27H44N4O4/c1-7-9-17(19(32)22(34)29-16-10-11-16)30-21(33)18-14-27(25(5,6)26(27)12-8-13-26)15-31(18)23(35)20(28)24(2,3)4/h16-18,20H,7-15,28H2,1-6H3,(H,29,34)(H,30,33)/t17-,18+,20+,27?/m1/s1. The average Bonchev–Trinajstić information content (AvgIpc) is 3.56. The lowest BCUT2D eigenvalue weighted by Crippen LogP contribution is -2.57. The molecule has 1 saturated heterocycles. The van der Waals surface area contributed by atoms with Crippen molar-refractivity contribution in [2.45, 2.75) is 117 Å². The van der Waals surface area contributed by atoms with Crippen molar-refractivity contribution in [3.63, 3.8) is 0 Å². The fourth-order valence-corrected chi connectivity index (χ4v) is 7.08. The monoisotopic (exact) mass is 488 g/mol. The topological polar surface area (TPSA) is 122 Å². The number of nitrogens with one attached hydrogen (secondary N) is 2. The summed E-state index contributed by atoms with van der Waals surface area (Å²) in [7, 11) is 0. The smallest absolute Gasteiger partial charge is 0.289 e. The molecule has 8 nitrogen and oxygen atoms in total. The Kier molecular flexibility index (Phi) is 6.39. The Bertz CT molecular complexity index is 915. The number of nitrogens with two attached hydrogens (primary N) is 1. The van der Waals surface area contributed by atoms with Gasteiger partial charge in [0.1, 0.15) is 6.04 Å². The normalized spacial score (nSPS) is 29.9. The summed E-state index contributed by atoms with van der Waals surface area (Å²) in [6.45, 7) is 12.8. The predicted octanol–water partition coefficient (Wildman–Crippen LogP) is 2.29. The Morgan fingerprint density at radius 2 is 1.71 bits per heavy atom. The number of amides is 3. The molecule has 0 radical (unpaired) electrons. The van der Waals surface area contributed by atoms with Gasteiger partial charge in [-0.15, -0.1) is 0 Å². The molecular weight excluding hydrogens is 444 g/mol. The van der Waals surface area contributed by atoms with Crippen LogP contribution in [0.5, 0.6) is 0 Å². The summed E-state index contributed by atoms with van der Waals surface area (Å²) in [5.74, 6) is -1.80. The highest BCUT2D eigenvalue weighted by atomic mass is 16.2. The molecule has 3 aliphatic carbocycles. The number of carbonyl (C=O) groups is 4. The Balaban J connectivity index is 1.56. The van der Waals surface area contributed by atoms with Crippen molar-refractivity contribution in [1.29, 1.82) is 0 Å². The predicted molar refractivity (Wildman–Crippen MR) is 133 cm³/mol. The number of Topliss-reactive ketones (excluding diaryl/α,β-unsaturated/α-hetero) is 1. The SMILES string of the molecule is CCC[C@@H](NC(=O)[C@@H]1CC2(CN1C(=O)[C@H](N)C(C)(C)C)C(C)(C)C21CCC1)C(=O)C(=O)NC1CC1. The number of fused-ring (bicyclic) bond motifs is 1. The number of likely N-dealkylation sites (tertiary alicyclic amines) is 1. The van der Waals surface area contributed by atoms with Gasteiger partial charge in [0, 0.05) is 18.0 Å². The van der Waals surface area contributed by atoms with Crippen molar-refractivity contribution in [2.75, 3.05) is 6.54 Å². The highest BCUT2D eigenvalue weighted by molar-refractivity contribution is 6.38. The molecule has 4 fully saturated rings. The second-order valence-corrected chi connectivity index (χ2v) is 13.1.